The molecule has 0 saturated heterocycles. The van der Waals surface area contributed by atoms with Gasteiger partial charge in [0.1, 0.15) is 12.4 Å². The minimum absolute atomic E-state index is 0.107. The number of nitrogens with one attached hydrogen (secondary N) is 1. The predicted octanol–water partition coefficient (Wildman–Crippen LogP) is 4.05. The first-order valence-corrected chi connectivity index (χ1v) is 7.05. The minimum Gasteiger partial charge on any atom is -0.486 e. The summed E-state index contributed by atoms with van der Waals surface area (Å²) in [7, 11) is 0. The summed E-state index contributed by atoms with van der Waals surface area (Å²) in [6.45, 7) is 1.97. The minimum atomic E-state index is -0.107. The SMILES string of the molecule is CC(=O)Nc1ccccc1OCc1cc(Br)cs1. The fourth-order valence-corrected chi connectivity index (χ4v) is 2.83. The maximum absolute atomic E-state index is 11.1. The number of amides is 1. The van der Waals surface area contributed by atoms with Gasteiger partial charge < -0.3 is 10.1 Å². The van der Waals surface area contributed by atoms with E-state index in [0.29, 0.717) is 18.0 Å². The highest BCUT2D eigenvalue weighted by Gasteiger charge is 2.05. The number of ether oxygens (including phenoxy) is 1. The molecule has 1 aromatic carbocycles. The summed E-state index contributed by atoms with van der Waals surface area (Å²) in [4.78, 5) is 12.2. The molecule has 0 bridgehead atoms. The lowest BCUT2D eigenvalue weighted by Crippen LogP contribution is -2.07. The van der Waals surface area contributed by atoms with Crippen LogP contribution in [0.2, 0.25) is 0 Å². The molecule has 0 aliphatic rings. The first-order chi connectivity index (χ1) is 8.65. The fraction of sp³-hybridized carbons (Fsp3) is 0.154. The maximum atomic E-state index is 11.1. The average molecular weight is 326 g/mol. The summed E-state index contributed by atoms with van der Waals surface area (Å²) in [6.07, 6.45) is 0. The number of para-hydroxylation sites is 2. The van der Waals surface area contributed by atoms with Crippen LogP contribution >= 0.6 is 27.3 Å². The topological polar surface area (TPSA) is 38.3 Å². The second-order valence-electron chi connectivity index (χ2n) is 3.70. The van der Waals surface area contributed by atoms with Gasteiger partial charge in [-0.15, -0.1) is 11.3 Å². The molecule has 0 spiro atoms. The lowest BCUT2D eigenvalue weighted by Gasteiger charge is -2.10. The van der Waals surface area contributed by atoms with Crippen LogP contribution in [0.3, 0.4) is 0 Å². The standard InChI is InChI=1S/C13H12BrNO2S/c1-9(16)15-12-4-2-3-5-13(12)17-7-11-6-10(14)8-18-11/h2-6,8H,7H2,1H3,(H,15,16). The number of anilines is 1. The number of thiophene rings is 1. The first kappa shape index (κ1) is 13.1. The van der Waals surface area contributed by atoms with Crippen molar-refractivity contribution in [2.45, 2.75) is 13.5 Å². The molecule has 0 fully saturated rings. The number of benzene rings is 1. The van der Waals surface area contributed by atoms with Gasteiger partial charge in [0.25, 0.3) is 0 Å². The van der Waals surface area contributed by atoms with Crippen molar-refractivity contribution in [3.05, 3.63) is 45.1 Å². The van der Waals surface area contributed by atoms with Crippen molar-refractivity contribution in [2.24, 2.45) is 0 Å². The molecule has 1 N–H and O–H groups in total. The molecule has 0 radical (unpaired) electrons. The lowest BCUT2D eigenvalue weighted by molar-refractivity contribution is -0.114. The molecule has 2 aromatic rings. The van der Waals surface area contributed by atoms with Crippen molar-refractivity contribution >= 4 is 38.9 Å². The molecule has 1 heterocycles. The monoisotopic (exact) mass is 325 g/mol. The molecule has 94 valence electrons. The summed E-state index contributed by atoms with van der Waals surface area (Å²) < 4.78 is 6.77. The number of halogens is 1. The van der Waals surface area contributed by atoms with Crippen molar-refractivity contribution in [1.82, 2.24) is 0 Å². The zero-order valence-electron chi connectivity index (χ0n) is 9.77. The molecule has 1 amide bonds. The Balaban J connectivity index is 2.06. The Kier molecular flexibility index (Phi) is 4.38. The van der Waals surface area contributed by atoms with Crippen LogP contribution in [0.4, 0.5) is 5.69 Å². The van der Waals surface area contributed by atoms with Crippen LogP contribution in [0.15, 0.2) is 40.2 Å². The number of rotatable bonds is 4. The predicted molar refractivity (Wildman–Crippen MR) is 77.1 cm³/mol. The van der Waals surface area contributed by atoms with Crippen LogP contribution in [0.25, 0.3) is 0 Å². The normalized spacial score (nSPS) is 10.1. The van der Waals surface area contributed by atoms with Gasteiger partial charge in [-0.2, -0.15) is 0 Å². The maximum Gasteiger partial charge on any atom is 0.221 e. The highest BCUT2D eigenvalue weighted by atomic mass is 79.9. The first-order valence-electron chi connectivity index (χ1n) is 5.37. The van der Waals surface area contributed by atoms with Crippen LogP contribution in [-0.2, 0) is 11.4 Å². The summed E-state index contributed by atoms with van der Waals surface area (Å²) in [5.74, 6) is 0.571. The number of hydrogen-bond donors (Lipinski definition) is 1. The summed E-state index contributed by atoms with van der Waals surface area (Å²) in [6, 6.07) is 9.42. The Bertz CT molecular complexity index is 553. The smallest absolute Gasteiger partial charge is 0.221 e. The molecule has 0 unspecified atom stereocenters. The van der Waals surface area contributed by atoms with Gasteiger partial charge >= 0.3 is 0 Å². The van der Waals surface area contributed by atoms with E-state index >= 15 is 0 Å². The summed E-state index contributed by atoms with van der Waals surface area (Å²) in [5.41, 5.74) is 0.695. The zero-order valence-corrected chi connectivity index (χ0v) is 12.2. The number of carbonyl (C=O) groups is 1. The van der Waals surface area contributed by atoms with Crippen LogP contribution < -0.4 is 10.1 Å². The van der Waals surface area contributed by atoms with Crippen LogP contribution in [0, 0.1) is 0 Å². The molecule has 1 aromatic heterocycles. The molecule has 5 heteroatoms. The van der Waals surface area contributed by atoms with Gasteiger partial charge in [-0.1, -0.05) is 12.1 Å². The Morgan fingerprint density at radius 2 is 2.22 bits per heavy atom. The Hall–Kier alpha value is -1.33. The third-order valence-electron chi connectivity index (χ3n) is 2.19. The summed E-state index contributed by atoms with van der Waals surface area (Å²) >= 11 is 5.03. The molecular formula is C13H12BrNO2S. The van der Waals surface area contributed by atoms with E-state index in [2.05, 4.69) is 21.2 Å². The van der Waals surface area contributed by atoms with Gasteiger partial charge in [0, 0.05) is 21.7 Å². The largest absolute Gasteiger partial charge is 0.486 e. The molecule has 3 nitrogen and oxygen atoms in total. The zero-order chi connectivity index (χ0) is 13.0. The van der Waals surface area contributed by atoms with Gasteiger partial charge in [0.05, 0.1) is 5.69 Å². The molecule has 0 aliphatic heterocycles. The van der Waals surface area contributed by atoms with Gasteiger partial charge in [0.2, 0.25) is 5.91 Å². The lowest BCUT2D eigenvalue weighted by atomic mass is 10.3. The van der Waals surface area contributed by atoms with E-state index in [-0.39, 0.29) is 5.91 Å². The summed E-state index contributed by atoms with van der Waals surface area (Å²) in [5, 5.41) is 4.76. The highest BCUT2D eigenvalue weighted by molar-refractivity contribution is 9.10. The fourth-order valence-electron chi connectivity index (χ4n) is 1.46. The average Bonchev–Trinajstić information content (AvgIpc) is 2.73. The van der Waals surface area contributed by atoms with Crippen LogP contribution in [0.1, 0.15) is 11.8 Å². The van der Waals surface area contributed by atoms with E-state index in [9.17, 15) is 4.79 Å². The Labute approximate surface area is 118 Å². The number of carbonyl (C=O) groups excluding carboxylic acids is 1. The second-order valence-corrected chi connectivity index (χ2v) is 5.61. The van der Waals surface area contributed by atoms with E-state index in [4.69, 9.17) is 4.74 Å². The van der Waals surface area contributed by atoms with Crippen molar-refractivity contribution in [3.8, 4) is 5.75 Å². The third-order valence-corrected chi connectivity index (χ3v) is 3.86. The molecule has 2 rings (SSSR count). The third kappa shape index (κ3) is 3.58. The van der Waals surface area contributed by atoms with E-state index in [1.807, 2.05) is 35.7 Å². The van der Waals surface area contributed by atoms with Gasteiger partial charge in [-0.3, -0.25) is 4.79 Å². The van der Waals surface area contributed by atoms with Crippen molar-refractivity contribution in [3.63, 3.8) is 0 Å². The highest BCUT2D eigenvalue weighted by Crippen LogP contribution is 2.26. The number of hydrogen-bond acceptors (Lipinski definition) is 3. The van der Waals surface area contributed by atoms with Gasteiger partial charge in [-0.05, 0) is 34.1 Å². The van der Waals surface area contributed by atoms with Crippen molar-refractivity contribution < 1.29 is 9.53 Å². The van der Waals surface area contributed by atoms with Gasteiger partial charge in [0.15, 0.2) is 0 Å². The Morgan fingerprint density at radius 1 is 1.44 bits per heavy atom. The van der Waals surface area contributed by atoms with E-state index in [1.54, 1.807) is 11.3 Å². The van der Waals surface area contributed by atoms with E-state index < -0.39 is 0 Å². The molecule has 0 aliphatic carbocycles. The van der Waals surface area contributed by atoms with E-state index in [0.717, 1.165) is 9.35 Å². The van der Waals surface area contributed by atoms with Crippen LogP contribution in [-0.4, -0.2) is 5.91 Å². The van der Waals surface area contributed by atoms with Gasteiger partial charge in [-0.25, -0.2) is 0 Å². The van der Waals surface area contributed by atoms with E-state index in [1.165, 1.54) is 6.92 Å². The second kappa shape index (κ2) is 6.02. The molecule has 18 heavy (non-hydrogen) atoms. The molecule has 0 saturated carbocycles. The van der Waals surface area contributed by atoms with Crippen molar-refractivity contribution in [1.29, 1.82) is 0 Å². The molecular weight excluding hydrogens is 314 g/mol. The van der Waals surface area contributed by atoms with Crippen molar-refractivity contribution in [2.75, 3.05) is 5.32 Å². The molecule has 0 atom stereocenters. The van der Waals surface area contributed by atoms with Crippen LogP contribution in [0.5, 0.6) is 5.75 Å². The quantitative estimate of drug-likeness (QED) is 0.920. The Morgan fingerprint density at radius 3 is 2.89 bits per heavy atom.